The average Bonchev–Trinajstić information content (AvgIpc) is 2.92. The number of amides is 1. The minimum Gasteiger partial charge on any atom is -0.433 e. The first-order valence-corrected chi connectivity index (χ1v) is 7.17. The number of benzene rings is 1. The molecule has 0 aliphatic carbocycles. The number of ether oxygens (including phenoxy) is 1. The lowest BCUT2D eigenvalue weighted by Gasteiger charge is -2.11. The Balaban J connectivity index is 0.00000242. The van der Waals surface area contributed by atoms with E-state index in [0.717, 1.165) is 25.9 Å². The first kappa shape index (κ1) is 18.9. The largest absolute Gasteiger partial charge is 0.433 e. The zero-order chi connectivity index (χ0) is 15.2. The second-order valence-corrected chi connectivity index (χ2v) is 5.38. The van der Waals surface area contributed by atoms with Gasteiger partial charge in [0, 0.05) is 12.1 Å². The van der Waals surface area contributed by atoms with Gasteiger partial charge in [-0.3, -0.25) is 4.79 Å². The third-order valence-corrected chi connectivity index (χ3v) is 3.67. The summed E-state index contributed by atoms with van der Waals surface area (Å²) in [5.74, 6) is 0.323. The van der Waals surface area contributed by atoms with Crippen LogP contribution in [0.5, 0.6) is 5.75 Å². The van der Waals surface area contributed by atoms with Crippen LogP contribution in [0.2, 0.25) is 5.02 Å². The SMILES string of the molecule is Cl.O=C(CCC1CCNC1)Nc1ccc(OC(F)F)c(Cl)c1. The van der Waals surface area contributed by atoms with Crippen LogP contribution in [0.3, 0.4) is 0 Å². The summed E-state index contributed by atoms with van der Waals surface area (Å²) in [4.78, 5) is 11.8. The van der Waals surface area contributed by atoms with E-state index in [9.17, 15) is 13.6 Å². The Morgan fingerprint density at radius 1 is 1.50 bits per heavy atom. The molecule has 0 radical (unpaired) electrons. The standard InChI is InChI=1S/C14H17ClF2N2O2.ClH/c15-11-7-10(2-3-12(11)21-14(16)17)19-13(20)4-1-9-5-6-18-8-9;/h2-3,7,9,14,18H,1,4-6,8H2,(H,19,20);1H. The van der Waals surface area contributed by atoms with Crippen LogP contribution in [0.4, 0.5) is 14.5 Å². The Labute approximate surface area is 139 Å². The van der Waals surface area contributed by atoms with Crippen LogP contribution in [0, 0.1) is 5.92 Å². The van der Waals surface area contributed by atoms with Crippen molar-refractivity contribution in [2.24, 2.45) is 5.92 Å². The lowest BCUT2D eigenvalue weighted by Crippen LogP contribution is -2.15. The van der Waals surface area contributed by atoms with Gasteiger partial charge in [0.1, 0.15) is 5.75 Å². The van der Waals surface area contributed by atoms with Gasteiger partial charge in [0.25, 0.3) is 0 Å². The highest BCUT2D eigenvalue weighted by Crippen LogP contribution is 2.29. The molecule has 2 rings (SSSR count). The zero-order valence-corrected chi connectivity index (χ0v) is 13.4. The number of hydrogen-bond donors (Lipinski definition) is 2. The molecule has 4 nitrogen and oxygen atoms in total. The highest BCUT2D eigenvalue weighted by Gasteiger charge is 2.16. The molecule has 1 amide bonds. The van der Waals surface area contributed by atoms with Crippen LogP contribution in [0.25, 0.3) is 0 Å². The van der Waals surface area contributed by atoms with Crippen LogP contribution in [0.15, 0.2) is 18.2 Å². The second-order valence-electron chi connectivity index (χ2n) is 4.97. The molecule has 0 aromatic heterocycles. The highest BCUT2D eigenvalue weighted by molar-refractivity contribution is 6.32. The second kappa shape index (κ2) is 9.12. The quantitative estimate of drug-likeness (QED) is 0.818. The molecule has 0 saturated carbocycles. The van der Waals surface area contributed by atoms with E-state index >= 15 is 0 Å². The zero-order valence-electron chi connectivity index (χ0n) is 11.8. The summed E-state index contributed by atoms with van der Waals surface area (Å²) in [7, 11) is 0. The van der Waals surface area contributed by atoms with Gasteiger partial charge in [0.2, 0.25) is 5.91 Å². The molecule has 0 bridgehead atoms. The summed E-state index contributed by atoms with van der Waals surface area (Å²) in [6.45, 7) is -0.963. The molecule has 1 aliphatic heterocycles. The maximum absolute atomic E-state index is 12.1. The number of carbonyl (C=O) groups excluding carboxylic acids is 1. The maximum atomic E-state index is 12.1. The number of rotatable bonds is 6. The van der Waals surface area contributed by atoms with Crippen LogP contribution >= 0.6 is 24.0 Å². The number of halogens is 4. The minimum absolute atomic E-state index is 0. The number of hydrogen-bond acceptors (Lipinski definition) is 3. The molecular weight excluding hydrogens is 337 g/mol. The number of alkyl halides is 2. The molecule has 1 heterocycles. The maximum Gasteiger partial charge on any atom is 0.387 e. The molecule has 1 saturated heterocycles. The Morgan fingerprint density at radius 3 is 2.86 bits per heavy atom. The fraction of sp³-hybridized carbons (Fsp3) is 0.500. The Kier molecular flexibility index (Phi) is 7.85. The van der Waals surface area contributed by atoms with Crippen molar-refractivity contribution < 1.29 is 18.3 Å². The van der Waals surface area contributed by atoms with Gasteiger partial charge < -0.3 is 15.4 Å². The Bertz CT molecular complexity index is 498. The van der Waals surface area contributed by atoms with Crippen molar-refractivity contribution in [1.29, 1.82) is 0 Å². The summed E-state index contributed by atoms with van der Waals surface area (Å²) in [5.41, 5.74) is 0.469. The molecule has 1 fully saturated rings. The Hall–Kier alpha value is -1.11. The molecular formula is C14H18Cl2F2N2O2. The molecule has 2 N–H and O–H groups in total. The van der Waals surface area contributed by atoms with E-state index in [4.69, 9.17) is 11.6 Å². The molecule has 1 unspecified atom stereocenters. The van der Waals surface area contributed by atoms with Gasteiger partial charge >= 0.3 is 6.61 Å². The van der Waals surface area contributed by atoms with Crippen molar-refractivity contribution in [2.75, 3.05) is 18.4 Å². The molecule has 1 atom stereocenters. The average molecular weight is 355 g/mol. The van der Waals surface area contributed by atoms with Gasteiger partial charge in [-0.15, -0.1) is 12.4 Å². The third kappa shape index (κ3) is 5.94. The van der Waals surface area contributed by atoms with E-state index in [-0.39, 0.29) is 29.1 Å². The van der Waals surface area contributed by atoms with Crippen molar-refractivity contribution in [3.8, 4) is 5.75 Å². The van der Waals surface area contributed by atoms with Gasteiger partial charge in [-0.2, -0.15) is 8.78 Å². The predicted molar refractivity (Wildman–Crippen MR) is 84.2 cm³/mol. The van der Waals surface area contributed by atoms with Crippen molar-refractivity contribution in [1.82, 2.24) is 5.32 Å². The topological polar surface area (TPSA) is 50.4 Å². The van der Waals surface area contributed by atoms with Crippen LogP contribution in [-0.2, 0) is 4.79 Å². The summed E-state index contributed by atoms with van der Waals surface area (Å²) in [6.07, 6.45) is 2.36. The predicted octanol–water partition coefficient (Wildman–Crippen LogP) is 3.69. The molecule has 1 aliphatic rings. The van der Waals surface area contributed by atoms with Gasteiger partial charge in [-0.25, -0.2) is 0 Å². The highest BCUT2D eigenvalue weighted by atomic mass is 35.5. The van der Waals surface area contributed by atoms with Crippen molar-refractivity contribution in [2.45, 2.75) is 25.9 Å². The van der Waals surface area contributed by atoms with Crippen molar-refractivity contribution in [3.63, 3.8) is 0 Å². The minimum atomic E-state index is -2.93. The number of carbonyl (C=O) groups is 1. The summed E-state index contributed by atoms with van der Waals surface area (Å²) < 4.78 is 28.4. The fourth-order valence-corrected chi connectivity index (χ4v) is 2.51. The van der Waals surface area contributed by atoms with Crippen LogP contribution in [0.1, 0.15) is 19.3 Å². The Morgan fingerprint density at radius 2 is 2.27 bits per heavy atom. The fourth-order valence-electron chi connectivity index (χ4n) is 2.29. The molecule has 8 heteroatoms. The number of anilines is 1. The molecule has 124 valence electrons. The van der Waals surface area contributed by atoms with E-state index < -0.39 is 6.61 Å². The first-order chi connectivity index (χ1) is 10.0. The van der Waals surface area contributed by atoms with Crippen LogP contribution in [-0.4, -0.2) is 25.6 Å². The van der Waals surface area contributed by atoms with E-state index in [1.807, 2.05) is 0 Å². The summed E-state index contributed by atoms with van der Waals surface area (Å²) in [5, 5.41) is 5.99. The van der Waals surface area contributed by atoms with E-state index in [1.54, 1.807) is 0 Å². The van der Waals surface area contributed by atoms with Crippen molar-refractivity contribution in [3.05, 3.63) is 23.2 Å². The molecule has 1 aromatic carbocycles. The van der Waals surface area contributed by atoms with Crippen molar-refractivity contribution >= 4 is 35.6 Å². The monoisotopic (exact) mass is 354 g/mol. The first-order valence-electron chi connectivity index (χ1n) is 6.79. The third-order valence-electron chi connectivity index (χ3n) is 3.37. The smallest absolute Gasteiger partial charge is 0.387 e. The van der Waals surface area contributed by atoms with Gasteiger partial charge in [-0.05, 0) is 50.0 Å². The lowest BCUT2D eigenvalue weighted by molar-refractivity contribution is -0.116. The molecule has 1 aromatic rings. The van der Waals surface area contributed by atoms with E-state index in [1.165, 1.54) is 18.2 Å². The normalized spacial score (nSPS) is 17.2. The van der Waals surface area contributed by atoms with Crippen LogP contribution < -0.4 is 15.4 Å². The van der Waals surface area contributed by atoms with E-state index in [0.29, 0.717) is 18.0 Å². The number of nitrogens with one attached hydrogen (secondary N) is 2. The lowest BCUT2D eigenvalue weighted by atomic mass is 10.0. The molecule has 0 spiro atoms. The van der Waals surface area contributed by atoms with E-state index in [2.05, 4.69) is 15.4 Å². The molecule has 22 heavy (non-hydrogen) atoms. The van der Waals surface area contributed by atoms with Gasteiger partial charge in [-0.1, -0.05) is 11.6 Å². The van der Waals surface area contributed by atoms with Gasteiger partial charge in [0.05, 0.1) is 5.02 Å². The summed E-state index contributed by atoms with van der Waals surface area (Å²) in [6, 6.07) is 4.19. The van der Waals surface area contributed by atoms with Gasteiger partial charge in [0.15, 0.2) is 0 Å². The summed E-state index contributed by atoms with van der Waals surface area (Å²) >= 11 is 5.82.